The summed E-state index contributed by atoms with van der Waals surface area (Å²) in [5, 5.41) is 8.08. The summed E-state index contributed by atoms with van der Waals surface area (Å²) in [5.74, 6) is 0.937. The van der Waals surface area contributed by atoms with Crippen molar-refractivity contribution in [1.82, 2.24) is 5.32 Å². The second-order valence-corrected chi connectivity index (χ2v) is 5.45. The number of rotatable bonds is 5. The molecule has 15 heavy (non-hydrogen) atoms. The van der Waals surface area contributed by atoms with Gasteiger partial charge in [0.1, 0.15) is 0 Å². The van der Waals surface area contributed by atoms with Gasteiger partial charge in [0, 0.05) is 6.04 Å². The van der Waals surface area contributed by atoms with Crippen molar-refractivity contribution in [3.63, 3.8) is 0 Å². The Hall–Kier alpha value is -0.340. The van der Waals surface area contributed by atoms with E-state index in [1.54, 1.807) is 11.3 Å². The zero-order valence-corrected chi connectivity index (χ0v) is 10.4. The highest BCUT2D eigenvalue weighted by molar-refractivity contribution is 7.07. The smallest absolute Gasteiger partial charge is 0.00671 e. The van der Waals surface area contributed by atoms with Crippen LogP contribution in [0.25, 0.3) is 0 Å². The van der Waals surface area contributed by atoms with E-state index in [-0.39, 0.29) is 0 Å². The zero-order valence-electron chi connectivity index (χ0n) is 9.54. The van der Waals surface area contributed by atoms with E-state index in [4.69, 9.17) is 0 Å². The van der Waals surface area contributed by atoms with Crippen LogP contribution in [0.5, 0.6) is 0 Å². The van der Waals surface area contributed by atoms with Gasteiger partial charge in [-0.05, 0) is 61.0 Å². The van der Waals surface area contributed by atoms with Crippen LogP contribution in [0, 0.1) is 5.92 Å². The Balaban J connectivity index is 1.64. The standard InChI is InChI=1S/C13H21NS/c1-11(13-4-2-3-5-13)14-8-6-12-7-9-15-10-12/h7,9-11,13-14H,2-6,8H2,1H3/t11-/m0/s1. The van der Waals surface area contributed by atoms with Gasteiger partial charge in [0.2, 0.25) is 0 Å². The predicted molar refractivity (Wildman–Crippen MR) is 67.4 cm³/mol. The Morgan fingerprint density at radius 2 is 2.27 bits per heavy atom. The molecule has 0 aromatic carbocycles. The van der Waals surface area contributed by atoms with Crippen molar-refractivity contribution in [2.45, 2.75) is 45.1 Å². The molecule has 0 aliphatic heterocycles. The normalized spacial score (nSPS) is 19.5. The maximum atomic E-state index is 3.67. The van der Waals surface area contributed by atoms with Crippen molar-refractivity contribution in [2.24, 2.45) is 5.92 Å². The minimum Gasteiger partial charge on any atom is -0.314 e. The SMILES string of the molecule is C[C@H](NCCc1ccsc1)C1CCCC1. The van der Waals surface area contributed by atoms with Gasteiger partial charge in [-0.2, -0.15) is 11.3 Å². The molecule has 0 amide bonds. The van der Waals surface area contributed by atoms with Gasteiger partial charge in [0.25, 0.3) is 0 Å². The first-order chi connectivity index (χ1) is 7.36. The van der Waals surface area contributed by atoms with Crippen LogP contribution in [0.3, 0.4) is 0 Å². The van der Waals surface area contributed by atoms with Crippen molar-refractivity contribution in [2.75, 3.05) is 6.54 Å². The van der Waals surface area contributed by atoms with E-state index in [0.29, 0.717) is 6.04 Å². The fraction of sp³-hybridized carbons (Fsp3) is 0.692. The molecule has 1 nitrogen and oxygen atoms in total. The molecule has 84 valence electrons. The molecule has 0 spiro atoms. The fourth-order valence-corrected chi connectivity index (χ4v) is 3.21. The quantitative estimate of drug-likeness (QED) is 0.806. The molecule has 0 bridgehead atoms. The second-order valence-electron chi connectivity index (χ2n) is 4.67. The zero-order chi connectivity index (χ0) is 10.5. The highest BCUT2D eigenvalue weighted by Crippen LogP contribution is 2.27. The molecular formula is C13H21NS. The van der Waals surface area contributed by atoms with E-state index in [1.807, 2.05) is 0 Å². The van der Waals surface area contributed by atoms with Crippen LogP contribution in [0.1, 0.15) is 38.2 Å². The third-order valence-corrected chi connectivity index (χ3v) is 4.30. The summed E-state index contributed by atoms with van der Waals surface area (Å²) in [6, 6.07) is 2.94. The van der Waals surface area contributed by atoms with Gasteiger partial charge >= 0.3 is 0 Å². The van der Waals surface area contributed by atoms with E-state index in [1.165, 1.54) is 37.7 Å². The van der Waals surface area contributed by atoms with Gasteiger partial charge < -0.3 is 5.32 Å². The van der Waals surface area contributed by atoms with E-state index < -0.39 is 0 Å². The largest absolute Gasteiger partial charge is 0.314 e. The Morgan fingerprint density at radius 1 is 1.47 bits per heavy atom. The van der Waals surface area contributed by atoms with Gasteiger partial charge in [-0.1, -0.05) is 12.8 Å². The first kappa shape index (κ1) is 11.2. The molecule has 1 aromatic heterocycles. The average molecular weight is 223 g/mol. The monoisotopic (exact) mass is 223 g/mol. The highest BCUT2D eigenvalue weighted by atomic mass is 32.1. The Kier molecular flexibility index (Phi) is 4.21. The van der Waals surface area contributed by atoms with Crippen molar-refractivity contribution in [3.05, 3.63) is 22.4 Å². The van der Waals surface area contributed by atoms with Crippen LogP contribution in [0.15, 0.2) is 16.8 Å². The molecule has 1 heterocycles. The molecule has 0 saturated heterocycles. The van der Waals surface area contributed by atoms with E-state index >= 15 is 0 Å². The Labute approximate surface area is 96.9 Å². The maximum absolute atomic E-state index is 3.67. The molecule has 1 atom stereocenters. The molecule has 0 unspecified atom stereocenters. The third kappa shape index (κ3) is 3.32. The minimum absolute atomic E-state index is 0.714. The van der Waals surface area contributed by atoms with Crippen LogP contribution in [-0.4, -0.2) is 12.6 Å². The molecule has 1 fully saturated rings. The lowest BCUT2D eigenvalue weighted by atomic mass is 10.00. The average Bonchev–Trinajstić information content (AvgIpc) is 2.90. The van der Waals surface area contributed by atoms with E-state index in [2.05, 4.69) is 29.1 Å². The maximum Gasteiger partial charge on any atom is 0.00671 e. The minimum atomic E-state index is 0.714. The molecule has 1 N–H and O–H groups in total. The Morgan fingerprint density at radius 3 is 2.93 bits per heavy atom. The van der Waals surface area contributed by atoms with Crippen molar-refractivity contribution < 1.29 is 0 Å². The second kappa shape index (κ2) is 5.66. The molecule has 1 saturated carbocycles. The molecule has 1 aromatic rings. The number of nitrogens with one attached hydrogen (secondary N) is 1. The van der Waals surface area contributed by atoms with Crippen molar-refractivity contribution in [1.29, 1.82) is 0 Å². The molecular weight excluding hydrogens is 202 g/mol. The van der Waals surface area contributed by atoms with Gasteiger partial charge in [0.05, 0.1) is 0 Å². The van der Waals surface area contributed by atoms with Crippen LogP contribution in [0.2, 0.25) is 0 Å². The van der Waals surface area contributed by atoms with Crippen LogP contribution in [-0.2, 0) is 6.42 Å². The summed E-state index contributed by atoms with van der Waals surface area (Å²) in [6.45, 7) is 3.48. The van der Waals surface area contributed by atoms with Gasteiger partial charge in [-0.25, -0.2) is 0 Å². The number of hydrogen-bond acceptors (Lipinski definition) is 2. The van der Waals surface area contributed by atoms with Crippen LogP contribution < -0.4 is 5.32 Å². The van der Waals surface area contributed by atoms with Gasteiger partial charge in [-0.3, -0.25) is 0 Å². The summed E-state index contributed by atoms with van der Waals surface area (Å²) in [5.41, 5.74) is 1.48. The number of thiophene rings is 1. The van der Waals surface area contributed by atoms with E-state index in [0.717, 1.165) is 12.5 Å². The first-order valence-electron chi connectivity index (χ1n) is 6.11. The predicted octanol–water partition coefficient (Wildman–Crippen LogP) is 3.46. The van der Waals surface area contributed by atoms with Crippen molar-refractivity contribution in [3.8, 4) is 0 Å². The summed E-state index contributed by atoms with van der Waals surface area (Å²) in [7, 11) is 0. The molecule has 2 heteroatoms. The summed E-state index contributed by atoms with van der Waals surface area (Å²) in [4.78, 5) is 0. The van der Waals surface area contributed by atoms with Crippen LogP contribution in [0.4, 0.5) is 0 Å². The third-order valence-electron chi connectivity index (χ3n) is 3.57. The lowest BCUT2D eigenvalue weighted by molar-refractivity contribution is 0.384. The summed E-state index contributed by atoms with van der Waals surface area (Å²) < 4.78 is 0. The Bertz CT molecular complexity index is 262. The molecule has 1 aliphatic rings. The molecule has 2 rings (SSSR count). The van der Waals surface area contributed by atoms with Crippen molar-refractivity contribution >= 4 is 11.3 Å². The fourth-order valence-electron chi connectivity index (χ4n) is 2.50. The lowest BCUT2D eigenvalue weighted by Crippen LogP contribution is -2.33. The summed E-state index contributed by atoms with van der Waals surface area (Å²) in [6.07, 6.45) is 6.95. The summed E-state index contributed by atoms with van der Waals surface area (Å²) >= 11 is 1.80. The van der Waals surface area contributed by atoms with Gasteiger partial charge in [0.15, 0.2) is 0 Å². The number of hydrogen-bond donors (Lipinski definition) is 1. The first-order valence-corrected chi connectivity index (χ1v) is 7.05. The van der Waals surface area contributed by atoms with E-state index in [9.17, 15) is 0 Å². The lowest BCUT2D eigenvalue weighted by Gasteiger charge is -2.20. The van der Waals surface area contributed by atoms with Crippen LogP contribution >= 0.6 is 11.3 Å². The highest BCUT2D eigenvalue weighted by Gasteiger charge is 2.20. The molecule has 0 radical (unpaired) electrons. The topological polar surface area (TPSA) is 12.0 Å². The molecule has 1 aliphatic carbocycles. The van der Waals surface area contributed by atoms with Gasteiger partial charge in [-0.15, -0.1) is 0 Å².